The monoisotopic (exact) mass is 357 g/mol. The first-order chi connectivity index (χ1) is 12.1. The highest BCUT2D eigenvalue weighted by atomic mass is 32.2. The molecular formula is C19H27N5S. The van der Waals surface area contributed by atoms with Crippen molar-refractivity contribution in [2.45, 2.75) is 46.3 Å². The third-order valence-electron chi connectivity index (χ3n) is 4.72. The van der Waals surface area contributed by atoms with Crippen LogP contribution in [-0.2, 0) is 6.54 Å². The number of hydrogen-bond acceptors (Lipinski definition) is 5. The summed E-state index contributed by atoms with van der Waals surface area (Å²) < 4.78 is 2.27. The Bertz CT molecular complexity index is 883. The van der Waals surface area contributed by atoms with E-state index in [1.54, 1.807) is 11.8 Å². The van der Waals surface area contributed by atoms with E-state index in [9.17, 15) is 0 Å². The van der Waals surface area contributed by atoms with Crippen LogP contribution in [0.4, 0.5) is 0 Å². The summed E-state index contributed by atoms with van der Waals surface area (Å²) in [4.78, 5) is 7.25. The van der Waals surface area contributed by atoms with Crippen molar-refractivity contribution in [2.24, 2.45) is 0 Å². The summed E-state index contributed by atoms with van der Waals surface area (Å²) in [5, 5.41) is 10.8. The van der Waals surface area contributed by atoms with Crippen molar-refractivity contribution >= 4 is 33.8 Å². The maximum atomic E-state index is 4.84. The van der Waals surface area contributed by atoms with E-state index in [1.807, 2.05) is 0 Å². The van der Waals surface area contributed by atoms with Gasteiger partial charge in [0.15, 0.2) is 5.65 Å². The topological polar surface area (TPSA) is 46.8 Å². The highest BCUT2D eigenvalue weighted by Crippen LogP contribution is 2.30. The second-order valence-corrected chi connectivity index (χ2v) is 7.43. The molecular weight excluding hydrogens is 330 g/mol. The standard InChI is InChI=1S/C19H27N5S/c1-6-23(7-2)9-10-25-19-20-18-16(21-22-19)15-12-13(4)11-14(5)17(15)24(18)8-3/h11-12H,6-10H2,1-5H3. The molecule has 0 atom stereocenters. The van der Waals surface area contributed by atoms with Gasteiger partial charge in [-0.15, -0.1) is 10.2 Å². The van der Waals surface area contributed by atoms with Crippen LogP contribution in [-0.4, -0.2) is 50.0 Å². The molecule has 0 fully saturated rings. The van der Waals surface area contributed by atoms with Crippen LogP contribution in [0.3, 0.4) is 0 Å². The molecule has 0 saturated heterocycles. The number of rotatable bonds is 7. The molecule has 0 amide bonds. The Hall–Kier alpha value is -1.66. The van der Waals surface area contributed by atoms with E-state index in [2.05, 4.69) is 66.4 Å². The Kier molecular flexibility index (Phi) is 5.59. The quantitative estimate of drug-likeness (QED) is 0.597. The maximum Gasteiger partial charge on any atom is 0.211 e. The fraction of sp³-hybridized carbons (Fsp3) is 0.526. The largest absolute Gasteiger partial charge is 0.324 e. The molecule has 25 heavy (non-hydrogen) atoms. The number of aryl methyl sites for hydroxylation is 3. The second kappa shape index (κ2) is 7.70. The van der Waals surface area contributed by atoms with Gasteiger partial charge < -0.3 is 9.47 Å². The van der Waals surface area contributed by atoms with E-state index >= 15 is 0 Å². The number of benzene rings is 1. The third kappa shape index (κ3) is 3.51. The van der Waals surface area contributed by atoms with E-state index in [-0.39, 0.29) is 0 Å². The van der Waals surface area contributed by atoms with Crippen molar-refractivity contribution < 1.29 is 0 Å². The Morgan fingerprint density at radius 3 is 2.52 bits per heavy atom. The molecule has 0 N–H and O–H groups in total. The van der Waals surface area contributed by atoms with E-state index in [0.29, 0.717) is 0 Å². The van der Waals surface area contributed by atoms with Crippen LogP contribution in [0.5, 0.6) is 0 Å². The molecule has 134 valence electrons. The van der Waals surface area contributed by atoms with Crippen LogP contribution in [0.15, 0.2) is 17.3 Å². The molecule has 2 aromatic heterocycles. The molecule has 0 aliphatic carbocycles. The van der Waals surface area contributed by atoms with Crippen molar-refractivity contribution in [3.8, 4) is 0 Å². The first-order valence-corrected chi connectivity index (χ1v) is 10.1. The zero-order valence-electron chi connectivity index (χ0n) is 15.8. The Balaban J connectivity index is 1.97. The molecule has 6 heteroatoms. The number of hydrogen-bond donors (Lipinski definition) is 0. The van der Waals surface area contributed by atoms with Gasteiger partial charge in [-0.2, -0.15) is 0 Å². The Labute approximate surface area is 153 Å². The zero-order chi connectivity index (χ0) is 18.0. The molecule has 2 heterocycles. The van der Waals surface area contributed by atoms with Crippen LogP contribution in [0.2, 0.25) is 0 Å². The third-order valence-corrected chi connectivity index (χ3v) is 5.54. The number of nitrogens with zero attached hydrogens (tertiary/aromatic N) is 5. The van der Waals surface area contributed by atoms with Gasteiger partial charge in [0.1, 0.15) is 5.52 Å². The fourth-order valence-electron chi connectivity index (χ4n) is 3.45. The van der Waals surface area contributed by atoms with E-state index in [1.165, 1.54) is 16.6 Å². The molecule has 3 aromatic rings. The summed E-state index contributed by atoms with van der Waals surface area (Å²) in [6, 6.07) is 4.42. The molecule has 3 rings (SSSR count). The Morgan fingerprint density at radius 1 is 1.08 bits per heavy atom. The highest BCUT2D eigenvalue weighted by molar-refractivity contribution is 7.99. The van der Waals surface area contributed by atoms with Gasteiger partial charge in [-0.25, -0.2) is 4.98 Å². The molecule has 0 aliphatic rings. The molecule has 0 unspecified atom stereocenters. The minimum absolute atomic E-state index is 0.770. The van der Waals surface area contributed by atoms with Gasteiger partial charge in [0.2, 0.25) is 5.16 Å². The molecule has 0 spiro atoms. The average Bonchev–Trinajstić information content (AvgIpc) is 2.92. The van der Waals surface area contributed by atoms with E-state index < -0.39 is 0 Å². The first kappa shape index (κ1) is 18.1. The lowest BCUT2D eigenvalue weighted by Gasteiger charge is -2.16. The first-order valence-electron chi connectivity index (χ1n) is 9.08. The second-order valence-electron chi connectivity index (χ2n) is 6.36. The summed E-state index contributed by atoms with van der Waals surface area (Å²) in [5.41, 5.74) is 5.62. The lowest BCUT2D eigenvalue weighted by atomic mass is 10.1. The number of fused-ring (bicyclic) bond motifs is 3. The molecule has 0 radical (unpaired) electrons. The molecule has 5 nitrogen and oxygen atoms in total. The van der Waals surface area contributed by atoms with Crippen molar-refractivity contribution in [1.82, 2.24) is 24.6 Å². The Morgan fingerprint density at radius 2 is 1.84 bits per heavy atom. The average molecular weight is 358 g/mol. The zero-order valence-corrected chi connectivity index (χ0v) is 16.7. The lowest BCUT2D eigenvalue weighted by Crippen LogP contribution is -2.25. The van der Waals surface area contributed by atoms with Crippen molar-refractivity contribution in [3.05, 3.63) is 23.3 Å². The van der Waals surface area contributed by atoms with Crippen LogP contribution < -0.4 is 0 Å². The van der Waals surface area contributed by atoms with Gasteiger partial charge in [-0.05, 0) is 45.5 Å². The molecule has 0 aliphatic heterocycles. The minimum atomic E-state index is 0.770. The smallest absolute Gasteiger partial charge is 0.211 e. The van der Waals surface area contributed by atoms with E-state index in [4.69, 9.17) is 4.98 Å². The SMILES string of the molecule is CCN(CC)CCSc1nnc2c3cc(C)cc(C)c3n(CC)c2n1. The van der Waals surface area contributed by atoms with Gasteiger partial charge in [0, 0.05) is 24.2 Å². The van der Waals surface area contributed by atoms with Crippen molar-refractivity contribution in [3.63, 3.8) is 0 Å². The van der Waals surface area contributed by atoms with E-state index in [0.717, 1.165) is 53.6 Å². The number of aromatic nitrogens is 4. The lowest BCUT2D eigenvalue weighted by molar-refractivity contribution is 0.324. The fourth-order valence-corrected chi connectivity index (χ4v) is 4.23. The highest BCUT2D eigenvalue weighted by Gasteiger charge is 2.16. The van der Waals surface area contributed by atoms with Gasteiger partial charge in [0.05, 0.1) is 5.52 Å². The van der Waals surface area contributed by atoms with Crippen molar-refractivity contribution in [2.75, 3.05) is 25.4 Å². The predicted molar refractivity (Wildman–Crippen MR) is 106 cm³/mol. The number of thioether (sulfide) groups is 1. The van der Waals surface area contributed by atoms with Crippen molar-refractivity contribution in [1.29, 1.82) is 0 Å². The van der Waals surface area contributed by atoms with Gasteiger partial charge in [-0.1, -0.05) is 37.2 Å². The van der Waals surface area contributed by atoms with Crippen LogP contribution in [0.25, 0.3) is 22.1 Å². The summed E-state index contributed by atoms with van der Waals surface area (Å²) in [7, 11) is 0. The summed E-state index contributed by atoms with van der Waals surface area (Å²) in [6.07, 6.45) is 0. The van der Waals surface area contributed by atoms with Gasteiger partial charge in [-0.3, -0.25) is 0 Å². The molecule has 0 saturated carbocycles. The predicted octanol–water partition coefficient (Wildman–Crippen LogP) is 4.05. The summed E-state index contributed by atoms with van der Waals surface area (Å²) in [6.45, 7) is 14.9. The van der Waals surface area contributed by atoms with Crippen LogP contribution in [0.1, 0.15) is 31.9 Å². The van der Waals surface area contributed by atoms with Gasteiger partial charge >= 0.3 is 0 Å². The molecule has 0 bridgehead atoms. The van der Waals surface area contributed by atoms with Crippen LogP contribution in [0, 0.1) is 13.8 Å². The normalized spacial score (nSPS) is 11.9. The minimum Gasteiger partial charge on any atom is -0.324 e. The molecule has 1 aromatic carbocycles. The van der Waals surface area contributed by atoms with Gasteiger partial charge in [0.25, 0.3) is 0 Å². The summed E-state index contributed by atoms with van der Waals surface area (Å²) in [5.74, 6) is 0.985. The maximum absolute atomic E-state index is 4.84. The van der Waals surface area contributed by atoms with Crippen LogP contribution >= 0.6 is 11.8 Å². The summed E-state index contributed by atoms with van der Waals surface area (Å²) >= 11 is 1.69.